The Kier molecular flexibility index (Phi) is 5.16. The second-order valence-electron chi connectivity index (χ2n) is 6.51. The number of benzene rings is 2. The number of carbonyl (C=O) groups is 1. The van der Waals surface area contributed by atoms with Crippen LogP contribution >= 0.6 is 11.3 Å². The van der Waals surface area contributed by atoms with Gasteiger partial charge in [0, 0.05) is 23.6 Å². The third kappa shape index (κ3) is 3.37. The van der Waals surface area contributed by atoms with Gasteiger partial charge >= 0.3 is 0 Å². The third-order valence-corrected chi connectivity index (χ3v) is 5.60. The van der Waals surface area contributed by atoms with E-state index in [4.69, 9.17) is 10.5 Å². The molecular weight excluding hydrogens is 400 g/mol. The van der Waals surface area contributed by atoms with Crippen LogP contribution in [0.25, 0.3) is 27.5 Å². The van der Waals surface area contributed by atoms with Gasteiger partial charge in [-0.15, -0.1) is 11.3 Å². The smallest absolute Gasteiger partial charge is 0.251 e. The average molecular weight is 420 g/mol. The molecule has 0 bridgehead atoms. The van der Waals surface area contributed by atoms with Crippen molar-refractivity contribution in [3.05, 3.63) is 65.7 Å². The van der Waals surface area contributed by atoms with E-state index in [9.17, 15) is 9.90 Å². The van der Waals surface area contributed by atoms with Crippen LogP contribution in [0.5, 0.6) is 11.5 Å². The van der Waals surface area contributed by atoms with Crippen LogP contribution in [-0.2, 0) is 0 Å². The Labute approximate surface area is 177 Å². The minimum atomic E-state index is -0.235. The van der Waals surface area contributed by atoms with Crippen LogP contribution in [0.3, 0.4) is 0 Å². The number of carbonyl (C=O) groups excluding carboxylic acids is 1. The van der Waals surface area contributed by atoms with Crippen LogP contribution in [0.2, 0.25) is 0 Å². The predicted molar refractivity (Wildman–Crippen MR) is 118 cm³/mol. The van der Waals surface area contributed by atoms with Gasteiger partial charge in [0.15, 0.2) is 0 Å². The van der Waals surface area contributed by atoms with E-state index in [1.807, 2.05) is 35.7 Å². The number of aromatic nitrogens is 2. The van der Waals surface area contributed by atoms with E-state index in [1.165, 1.54) is 24.6 Å². The summed E-state index contributed by atoms with van der Waals surface area (Å²) in [5.74, 6) is 0.573. The molecule has 0 atom stereocenters. The molecule has 0 aliphatic rings. The Morgan fingerprint density at radius 3 is 2.70 bits per heavy atom. The molecule has 0 spiro atoms. The molecule has 0 saturated heterocycles. The van der Waals surface area contributed by atoms with Gasteiger partial charge < -0.3 is 20.9 Å². The SMILES string of the molecule is CNC(=O)c1ccc(OC)c(-n2cc(O)c(-c3nc(-c4ccccc4)cs3)c2N)c1. The molecule has 8 heteroatoms. The number of nitrogens with zero attached hydrogens (tertiary/aromatic N) is 2. The molecule has 0 radical (unpaired) electrons. The Hall–Kier alpha value is -3.78. The topological polar surface area (TPSA) is 102 Å². The van der Waals surface area contributed by atoms with Crippen LogP contribution in [0, 0.1) is 0 Å². The Morgan fingerprint density at radius 1 is 1.23 bits per heavy atom. The predicted octanol–water partition coefficient (Wildman–Crippen LogP) is 3.92. The van der Waals surface area contributed by atoms with Gasteiger partial charge in [-0.3, -0.25) is 9.36 Å². The standard InChI is InChI=1S/C22H20N4O3S/c1-24-21(28)14-8-9-18(29-2)16(10-14)26-11-17(27)19(20(26)23)22-25-15(12-30-22)13-6-4-3-5-7-13/h3-12,27H,23H2,1-2H3,(H,24,28). The van der Waals surface area contributed by atoms with Crippen LogP contribution < -0.4 is 15.8 Å². The lowest BCUT2D eigenvalue weighted by molar-refractivity contribution is 0.0963. The Morgan fingerprint density at radius 2 is 2.00 bits per heavy atom. The first-order valence-corrected chi connectivity index (χ1v) is 10.0. The van der Waals surface area contributed by atoms with Gasteiger partial charge in [-0.05, 0) is 18.2 Å². The van der Waals surface area contributed by atoms with Crippen molar-refractivity contribution >= 4 is 23.1 Å². The molecule has 1 amide bonds. The largest absolute Gasteiger partial charge is 0.506 e. The fraction of sp³-hybridized carbons (Fsp3) is 0.0909. The number of amides is 1. The summed E-state index contributed by atoms with van der Waals surface area (Å²) in [6.07, 6.45) is 1.50. The number of thiazole rings is 1. The van der Waals surface area contributed by atoms with Crippen molar-refractivity contribution < 1.29 is 14.6 Å². The summed E-state index contributed by atoms with van der Waals surface area (Å²) in [6, 6.07) is 14.8. The fourth-order valence-electron chi connectivity index (χ4n) is 3.22. The number of hydrogen-bond donors (Lipinski definition) is 3. The highest BCUT2D eigenvalue weighted by Gasteiger charge is 2.21. The van der Waals surface area contributed by atoms with Crippen molar-refractivity contribution in [1.82, 2.24) is 14.9 Å². The van der Waals surface area contributed by atoms with Gasteiger partial charge in [0.1, 0.15) is 22.3 Å². The molecular formula is C22H20N4O3S. The zero-order valence-electron chi connectivity index (χ0n) is 16.4. The van der Waals surface area contributed by atoms with E-state index in [2.05, 4.69) is 10.3 Å². The van der Waals surface area contributed by atoms with E-state index in [1.54, 1.807) is 29.8 Å². The van der Waals surface area contributed by atoms with E-state index in [0.29, 0.717) is 33.4 Å². The number of methoxy groups -OCH3 is 1. The van der Waals surface area contributed by atoms with Gasteiger partial charge in [0.2, 0.25) is 0 Å². The normalized spacial score (nSPS) is 10.7. The maximum atomic E-state index is 12.1. The molecule has 0 aliphatic heterocycles. The lowest BCUT2D eigenvalue weighted by Crippen LogP contribution is -2.18. The molecule has 4 rings (SSSR count). The monoisotopic (exact) mass is 420 g/mol. The average Bonchev–Trinajstić information content (AvgIpc) is 3.37. The van der Waals surface area contributed by atoms with Crippen molar-refractivity contribution in [3.8, 4) is 39.0 Å². The van der Waals surface area contributed by atoms with Gasteiger partial charge in [-0.25, -0.2) is 4.98 Å². The highest BCUT2D eigenvalue weighted by Crippen LogP contribution is 2.42. The summed E-state index contributed by atoms with van der Waals surface area (Å²) in [6.45, 7) is 0. The van der Waals surface area contributed by atoms with Crippen LogP contribution in [0.1, 0.15) is 10.4 Å². The first-order chi connectivity index (χ1) is 14.5. The highest BCUT2D eigenvalue weighted by atomic mass is 32.1. The number of aromatic hydroxyl groups is 1. The first-order valence-electron chi connectivity index (χ1n) is 9.15. The lowest BCUT2D eigenvalue weighted by Gasteiger charge is -2.13. The van der Waals surface area contributed by atoms with Gasteiger partial charge in [0.05, 0.1) is 30.3 Å². The number of anilines is 1. The fourth-order valence-corrected chi connectivity index (χ4v) is 4.11. The molecule has 152 valence electrons. The zero-order valence-corrected chi connectivity index (χ0v) is 17.2. The Balaban J connectivity index is 1.81. The lowest BCUT2D eigenvalue weighted by atomic mass is 10.1. The van der Waals surface area contributed by atoms with Crippen LogP contribution in [0.4, 0.5) is 5.82 Å². The number of nitrogens with two attached hydrogens (primary N) is 1. The summed E-state index contributed by atoms with van der Waals surface area (Å²) in [5, 5.41) is 15.8. The first kappa shape index (κ1) is 19.5. The summed E-state index contributed by atoms with van der Waals surface area (Å²) in [7, 11) is 3.10. The van der Waals surface area contributed by atoms with E-state index in [-0.39, 0.29) is 11.7 Å². The van der Waals surface area contributed by atoms with Gasteiger partial charge in [0.25, 0.3) is 5.91 Å². The quantitative estimate of drug-likeness (QED) is 0.454. The van der Waals surface area contributed by atoms with Gasteiger partial charge in [-0.1, -0.05) is 30.3 Å². The van der Waals surface area contributed by atoms with Crippen molar-refractivity contribution in [1.29, 1.82) is 0 Å². The minimum absolute atomic E-state index is 0.00568. The van der Waals surface area contributed by atoms with Crippen LogP contribution in [-0.4, -0.2) is 34.7 Å². The van der Waals surface area contributed by atoms with Crippen molar-refractivity contribution in [2.75, 3.05) is 19.9 Å². The molecule has 0 fully saturated rings. The summed E-state index contributed by atoms with van der Waals surface area (Å²) in [5.41, 5.74) is 9.63. The maximum Gasteiger partial charge on any atom is 0.251 e. The van der Waals surface area contributed by atoms with Crippen molar-refractivity contribution in [3.63, 3.8) is 0 Å². The summed E-state index contributed by atoms with van der Waals surface area (Å²) in [4.78, 5) is 16.7. The molecule has 4 aromatic rings. The second kappa shape index (κ2) is 7.92. The molecule has 0 unspecified atom stereocenters. The van der Waals surface area contributed by atoms with Crippen molar-refractivity contribution in [2.45, 2.75) is 0 Å². The molecule has 30 heavy (non-hydrogen) atoms. The molecule has 7 nitrogen and oxygen atoms in total. The molecule has 2 heterocycles. The molecule has 2 aromatic carbocycles. The van der Waals surface area contributed by atoms with E-state index < -0.39 is 0 Å². The number of nitrogens with one attached hydrogen (secondary N) is 1. The number of ether oxygens (including phenoxy) is 1. The molecule has 0 aliphatic carbocycles. The number of hydrogen-bond acceptors (Lipinski definition) is 6. The zero-order chi connectivity index (χ0) is 21.3. The third-order valence-electron chi connectivity index (χ3n) is 4.74. The Bertz CT molecular complexity index is 1210. The molecule has 2 aromatic heterocycles. The molecule has 0 saturated carbocycles. The van der Waals surface area contributed by atoms with E-state index >= 15 is 0 Å². The number of rotatable bonds is 5. The van der Waals surface area contributed by atoms with Crippen LogP contribution in [0.15, 0.2) is 60.1 Å². The number of nitrogen functional groups attached to an aromatic ring is 1. The van der Waals surface area contributed by atoms with E-state index in [0.717, 1.165) is 11.3 Å². The van der Waals surface area contributed by atoms with Gasteiger partial charge in [-0.2, -0.15) is 0 Å². The summed E-state index contributed by atoms with van der Waals surface area (Å²) < 4.78 is 7.03. The second-order valence-corrected chi connectivity index (χ2v) is 7.37. The maximum absolute atomic E-state index is 12.1. The van der Waals surface area contributed by atoms with Crippen molar-refractivity contribution in [2.24, 2.45) is 0 Å². The minimum Gasteiger partial charge on any atom is -0.506 e. The summed E-state index contributed by atoms with van der Waals surface area (Å²) >= 11 is 1.40. The highest BCUT2D eigenvalue weighted by molar-refractivity contribution is 7.13. The molecule has 4 N–H and O–H groups in total.